The summed E-state index contributed by atoms with van der Waals surface area (Å²) in [5.41, 5.74) is 6.14. The maximum absolute atomic E-state index is 11.8. The zero-order chi connectivity index (χ0) is 12.1. The Morgan fingerprint density at radius 1 is 1.44 bits per heavy atom. The summed E-state index contributed by atoms with van der Waals surface area (Å²) in [5.74, 6) is -0.243. The van der Waals surface area contributed by atoms with E-state index >= 15 is 0 Å². The highest BCUT2D eigenvalue weighted by Gasteiger charge is 2.26. The van der Waals surface area contributed by atoms with Gasteiger partial charge in [0, 0.05) is 18.0 Å². The van der Waals surface area contributed by atoms with E-state index in [1.165, 1.54) is 0 Å². The number of carbonyl (C=O) groups is 1. The van der Waals surface area contributed by atoms with Gasteiger partial charge in [0.1, 0.15) is 0 Å². The van der Waals surface area contributed by atoms with Gasteiger partial charge < -0.3 is 10.5 Å². The van der Waals surface area contributed by atoms with Gasteiger partial charge in [-0.25, -0.2) is 9.97 Å². The lowest BCUT2D eigenvalue weighted by Crippen LogP contribution is -2.21. The fraction of sp³-hybridized carbons (Fsp3) is 0.545. The molecule has 5 heteroatoms. The molecule has 1 heterocycles. The average molecular weight is 223 g/mol. The Hall–Kier alpha value is -1.65. The topological polar surface area (TPSA) is 78.1 Å². The van der Waals surface area contributed by atoms with Crippen molar-refractivity contribution in [2.24, 2.45) is 5.92 Å². The van der Waals surface area contributed by atoms with Gasteiger partial charge >= 0.3 is 5.97 Å². The fourth-order valence-electron chi connectivity index (χ4n) is 1.53. The first kappa shape index (κ1) is 12.4. The molecular weight excluding hydrogens is 206 g/mol. The quantitative estimate of drug-likeness (QED) is 0.780. The van der Waals surface area contributed by atoms with Crippen molar-refractivity contribution in [1.29, 1.82) is 0 Å². The second-order valence-corrected chi connectivity index (χ2v) is 3.85. The van der Waals surface area contributed by atoms with E-state index in [1.54, 1.807) is 19.3 Å². The van der Waals surface area contributed by atoms with Gasteiger partial charge in [0.25, 0.3) is 0 Å². The average Bonchev–Trinajstić information content (AvgIpc) is 2.21. The summed E-state index contributed by atoms with van der Waals surface area (Å²) in [5, 5.41) is 0. The molecule has 0 amide bonds. The third-order valence-corrected chi connectivity index (χ3v) is 2.26. The van der Waals surface area contributed by atoms with Crippen molar-refractivity contribution >= 4 is 11.9 Å². The number of carbonyl (C=O) groups excluding carboxylic acids is 1. The molecule has 0 aromatic carbocycles. The van der Waals surface area contributed by atoms with Crippen LogP contribution < -0.4 is 5.73 Å². The Morgan fingerprint density at radius 3 is 2.44 bits per heavy atom. The van der Waals surface area contributed by atoms with Crippen LogP contribution in [-0.2, 0) is 9.53 Å². The molecule has 16 heavy (non-hydrogen) atoms. The number of hydrogen-bond acceptors (Lipinski definition) is 5. The molecule has 0 aliphatic rings. The molecule has 0 spiro atoms. The number of aromatic nitrogens is 2. The molecule has 0 fully saturated rings. The number of nitrogens with zero attached hydrogens (tertiary/aromatic N) is 2. The summed E-state index contributed by atoms with van der Waals surface area (Å²) in [6.45, 7) is 6.07. The van der Waals surface area contributed by atoms with Crippen LogP contribution in [-0.4, -0.2) is 22.5 Å². The van der Waals surface area contributed by atoms with Gasteiger partial charge in [-0.3, -0.25) is 4.79 Å². The third-order valence-electron chi connectivity index (χ3n) is 2.26. The Bertz CT molecular complexity index is 349. The van der Waals surface area contributed by atoms with Crippen LogP contribution in [0.1, 0.15) is 32.3 Å². The Morgan fingerprint density at radius 2 is 2.00 bits per heavy atom. The Balaban J connectivity index is 2.93. The highest BCUT2D eigenvalue weighted by atomic mass is 16.5. The first-order valence-corrected chi connectivity index (χ1v) is 5.30. The van der Waals surface area contributed by atoms with Crippen LogP contribution in [0.15, 0.2) is 12.4 Å². The maximum atomic E-state index is 11.8. The summed E-state index contributed by atoms with van der Waals surface area (Å²) >= 11 is 0. The van der Waals surface area contributed by atoms with Gasteiger partial charge in [-0.05, 0) is 12.8 Å². The monoisotopic (exact) mass is 223 g/mol. The zero-order valence-corrected chi connectivity index (χ0v) is 9.80. The standard InChI is InChI=1S/C11H17N3O2/c1-4-16-10(15)9(7(2)3)8-5-13-11(12)14-6-8/h5-7,9H,4H2,1-3H3,(H2,12,13,14). The van der Waals surface area contributed by atoms with Gasteiger partial charge in [-0.15, -0.1) is 0 Å². The number of hydrogen-bond donors (Lipinski definition) is 1. The van der Waals surface area contributed by atoms with Crippen molar-refractivity contribution in [2.45, 2.75) is 26.7 Å². The summed E-state index contributed by atoms with van der Waals surface area (Å²) in [4.78, 5) is 19.5. The first-order chi connectivity index (χ1) is 7.56. The maximum Gasteiger partial charge on any atom is 0.313 e. The Kier molecular flexibility index (Phi) is 4.22. The molecule has 0 aliphatic heterocycles. The largest absolute Gasteiger partial charge is 0.466 e. The van der Waals surface area contributed by atoms with Crippen molar-refractivity contribution in [3.05, 3.63) is 18.0 Å². The highest BCUT2D eigenvalue weighted by molar-refractivity contribution is 5.78. The zero-order valence-electron chi connectivity index (χ0n) is 9.80. The summed E-state index contributed by atoms with van der Waals surface area (Å²) < 4.78 is 5.02. The minimum atomic E-state index is -0.333. The van der Waals surface area contributed by atoms with Gasteiger partial charge in [-0.1, -0.05) is 13.8 Å². The van der Waals surface area contributed by atoms with Crippen LogP contribution in [0.4, 0.5) is 5.95 Å². The molecule has 88 valence electrons. The van der Waals surface area contributed by atoms with E-state index in [0.717, 1.165) is 5.56 Å². The van der Waals surface area contributed by atoms with Crippen LogP contribution >= 0.6 is 0 Å². The lowest BCUT2D eigenvalue weighted by Gasteiger charge is -2.18. The molecule has 1 aromatic rings. The van der Waals surface area contributed by atoms with E-state index < -0.39 is 0 Å². The minimum Gasteiger partial charge on any atom is -0.466 e. The number of anilines is 1. The molecule has 1 unspecified atom stereocenters. The second-order valence-electron chi connectivity index (χ2n) is 3.85. The molecule has 1 atom stereocenters. The van der Waals surface area contributed by atoms with Crippen LogP contribution in [0.3, 0.4) is 0 Å². The van der Waals surface area contributed by atoms with E-state index in [2.05, 4.69) is 9.97 Å². The molecule has 0 aliphatic carbocycles. The van der Waals surface area contributed by atoms with Gasteiger partial charge in [0.05, 0.1) is 12.5 Å². The van der Waals surface area contributed by atoms with E-state index in [0.29, 0.717) is 6.61 Å². The van der Waals surface area contributed by atoms with Gasteiger partial charge in [0.2, 0.25) is 5.95 Å². The van der Waals surface area contributed by atoms with Crippen molar-refractivity contribution in [2.75, 3.05) is 12.3 Å². The number of ether oxygens (including phenoxy) is 1. The number of nitrogen functional groups attached to an aromatic ring is 1. The van der Waals surface area contributed by atoms with Crippen molar-refractivity contribution in [1.82, 2.24) is 9.97 Å². The second kappa shape index (κ2) is 5.44. The fourth-order valence-corrected chi connectivity index (χ4v) is 1.53. The number of rotatable bonds is 4. The van der Waals surface area contributed by atoms with Crippen LogP contribution in [0.2, 0.25) is 0 Å². The highest BCUT2D eigenvalue weighted by Crippen LogP contribution is 2.24. The predicted molar refractivity (Wildman–Crippen MR) is 60.7 cm³/mol. The summed E-state index contributed by atoms with van der Waals surface area (Å²) in [7, 11) is 0. The number of esters is 1. The molecule has 0 saturated carbocycles. The van der Waals surface area contributed by atoms with Crippen LogP contribution in [0.25, 0.3) is 0 Å². The molecule has 1 rings (SSSR count). The smallest absolute Gasteiger partial charge is 0.313 e. The molecule has 2 N–H and O–H groups in total. The van der Waals surface area contributed by atoms with Crippen molar-refractivity contribution in [3.63, 3.8) is 0 Å². The Labute approximate surface area is 95.0 Å². The molecule has 0 bridgehead atoms. The number of nitrogens with two attached hydrogens (primary N) is 1. The minimum absolute atomic E-state index is 0.131. The normalized spacial score (nSPS) is 12.5. The van der Waals surface area contributed by atoms with Gasteiger partial charge in [0.15, 0.2) is 0 Å². The SMILES string of the molecule is CCOC(=O)C(c1cnc(N)nc1)C(C)C. The summed E-state index contributed by atoms with van der Waals surface area (Å²) in [6, 6.07) is 0. The van der Waals surface area contributed by atoms with Crippen LogP contribution in [0, 0.1) is 5.92 Å². The third kappa shape index (κ3) is 2.92. The first-order valence-electron chi connectivity index (χ1n) is 5.30. The van der Waals surface area contributed by atoms with Crippen LogP contribution in [0.5, 0.6) is 0 Å². The van der Waals surface area contributed by atoms with Crippen molar-refractivity contribution in [3.8, 4) is 0 Å². The molecular formula is C11H17N3O2. The molecule has 5 nitrogen and oxygen atoms in total. The van der Waals surface area contributed by atoms with E-state index in [9.17, 15) is 4.79 Å². The summed E-state index contributed by atoms with van der Waals surface area (Å²) in [6.07, 6.45) is 3.15. The lowest BCUT2D eigenvalue weighted by atomic mass is 9.90. The molecule has 0 saturated heterocycles. The van der Waals surface area contributed by atoms with Gasteiger partial charge in [-0.2, -0.15) is 0 Å². The molecule has 1 aromatic heterocycles. The van der Waals surface area contributed by atoms with E-state index in [1.807, 2.05) is 13.8 Å². The molecule has 0 radical (unpaired) electrons. The lowest BCUT2D eigenvalue weighted by molar-refractivity contribution is -0.146. The predicted octanol–water partition coefficient (Wildman–Crippen LogP) is 1.36. The van der Waals surface area contributed by atoms with E-state index in [-0.39, 0.29) is 23.8 Å². The van der Waals surface area contributed by atoms with E-state index in [4.69, 9.17) is 10.5 Å². The van der Waals surface area contributed by atoms with Crippen molar-refractivity contribution < 1.29 is 9.53 Å².